The van der Waals surface area contributed by atoms with Gasteiger partial charge in [0.25, 0.3) is 5.91 Å². The smallest absolute Gasteiger partial charge is 0.417 e. The van der Waals surface area contributed by atoms with E-state index in [1.165, 1.54) is 38.3 Å². The van der Waals surface area contributed by atoms with Gasteiger partial charge >= 0.3 is 12.1 Å². The molecule has 1 unspecified atom stereocenters. The Morgan fingerprint density at radius 1 is 1.14 bits per heavy atom. The maximum absolute atomic E-state index is 12.5. The van der Waals surface area contributed by atoms with E-state index >= 15 is 0 Å². The van der Waals surface area contributed by atoms with Gasteiger partial charge in [0.2, 0.25) is 5.88 Å². The number of benzene rings is 1. The van der Waals surface area contributed by atoms with Crippen LogP contribution in [0.2, 0.25) is 0 Å². The number of halogens is 3. The fourth-order valence-corrected chi connectivity index (χ4v) is 2.17. The third kappa shape index (κ3) is 5.19. The zero-order valence-electron chi connectivity index (χ0n) is 14.9. The number of ether oxygens (including phenoxy) is 2. The number of nitrogens with one attached hydrogen (secondary N) is 1. The molecule has 0 radical (unpaired) electrons. The highest BCUT2D eigenvalue weighted by Crippen LogP contribution is 2.30. The number of carboxylic acids is 1. The number of carboxylic acid groups (broad SMARTS) is 1. The predicted molar refractivity (Wildman–Crippen MR) is 91.1 cm³/mol. The molecule has 1 atom stereocenters. The first-order valence-corrected chi connectivity index (χ1v) is 7.91. The third-order valence-corrected chi connectivity index (χ3v) is 3.70. The van der Waals surface area contributed by atoms with Crippen molar-refractivity contribution in [2.24, 2.45) is 0 Å². The lowest BCUT2D eigenvalue weighted by Gasteiger charge is -2.25. The Labute approximate surface area is 158 Å². The number of pyridine rings is 1. The fourth-order valence-electron chi connectivity index (χ4n) is 2.17. The van der Waals surface area contributed by atoms with Crippen LogP contribution in [-0.2, 0) is 15.7 Å². The van der Waals surface area contributed by atoms with E-state index in [9.17, 15) is 27.9 Å². The average Bonchev–Trinajstić information content (AvgIpc) is 2.62. The summed E-state index contributed by atoms with van der Waals surface area (Å²) >= 11 is 0. The van der Waals surface area contributed by atoms with Crippen molar-refractivity contribution >= 4 is 11.9 Å². The Hall–Kier alpha value is -3.14. The van der Waals surface area contributed by atoms with Gasteiger partial charge in [-0.1, -0.05) is 0 Å². The van der Waals surface area contributed by atoms with Crippen molar-refractivity contribution in [3.63, 3.8) is 0 Å². The van der Waals surface area contributed by atoms with Gasteiger partial charge in [-0.25, -0.2) is 9.78 Å². The zero-order valence-corrected chi connectivity index (χ0v) is 14.9. The number of aromatic nitrogens is 1. The molecule has 1 heterocycles. The highest BCUT2D eigenvalue weighted by molar-refractivity contribution is 5.97. The Kier molecular flexibility index (Phi) is 6.24. The van der Waals surface area contributed by atoms with Gasteiger partial charge in [0.1, 0.15) is 5.75 Å². The second-order valence-corrected chi connectivity index (χ2v) is 6.03. The molecule has 10 heteroatoms. The van der Waals surface area contributed by atoms with Crippen LogP contribution in [0.4, 0.5) is 13.2 Å². The Bertz CT molecular complexity index is 838. The van der Waals surface area contributed by atoms with Crippen LogP contribution < -0.4 is 10.1 Å². The van der Waals surface area contributed by atoms with Crippen molar-refractivity contribution in [1.29, 1.82) is 0 Å². The summed E-state index contributed by atoms with van der Waals surface area (Å²) in [6, 6.07) is 7.48. The summed E-state index contributed by atoms with van der Waals surface area (Å²) in [7, 11) is 1.31. The van der Waals surface area contributed by atoms with Crippen molar-refractivity contribution in [2.45, 2.75) is 18.6 Å². The van der Waals surface area contributed by atoms with E-state index in [1.54, 1.807) is 0 Å². The molecule has 1 aromatic carbocycles. The number of methoxy groups -OCH3 is 1. The zero-order chi connectivity index (χ0) is 20.9. The molecule has 150 valence electrons. The summed E-state index contributed by atoms with van der Waals surface area (Å²) in [5.41, 5.74) is -2.34. The van der Waals surface area contributed by atoms with E-state index in [4.69, 9.17) is 9.47 Å². The lowest BCUT2D eigenvalue weighted by Crippen LogP contribution is -2.55. The van der Waals surface area contributed by atoms with E-state index < -0.39 is 29.2 Å². The van der Waals surface area contributed by atoms with Crippen molar-refractivity contribution in [3.05, 3.63) is 53.7 Å². The summed E-state index contributed by atoms with van der Waals surface area (Å²) in [6.07, 6.45) is -3.84. The van der Waals surface area contributed by atoms with Crippen LogP contribution in [0, 0.1) is 0 Å². The number of nitrogens with zero attached hydrogens (tertiary/aromatic N) is 1. The first kappa shape index (κ1) is 21.2. The molecule has 2 rings (SSSR count). The molecule has 1 amide bonds. The molecule has 28 heavy (non-hydrogen) atoms. The molecule has 0 aliphatic heterocycles. The summed E-state index contributed by atoms with van der Waals surface area (Å²) in [4.78, 5) is 27.2. The monoisotopic (exact) mass is 398 g/mol. The summed E-state index contributed by atoms with van der Waals surface area (Å²) in [5, 5.41) is 11.6. The molecule has 0 aliphatic rings. The lowest BCUT2D eigenvalue weighted by molar-refractivity contribution is -0.146. The molecule has 7 nitrogen and oxygen atoms in total. The quantitative estimate of drug-likeness (QED) is 0.744. The summed E-state index contributed by atoms with van der Waals surface area (Å²) in [5.74, 6) is -1.71. The van der Waals surface area contributed by atoms with Gasteiger partial charge in [-0.3, -0.25) is 4.79 Å². The summed E-state index contributed by atoms with van der Waals surface area (Å²) < 4.78 is 47.7. The molecular weight excluding hydrogens is 381 g/mol. The molecule has 0 fully saturated rings. The molecule has 1 aromatic heterocycles. The first-order valence-electron chi connectivity index (χ1n) is 7.91. The Morgan fingerprint density at radius 2 is 1.79 bits per heavy atom. The topological polar surface area (TPSA) is 97.8 Å². The van der Waals surface area contributed by atoms with Crippen LogP contribution in [-0.4, -0.2) is 41.2 Å². The van der Waals surface area contributed by atoms with Crippen LogP contribution >= 0.6 is 0 Å². The van der Waals surface area contributed by atoms with Gasteiger partial charge < -0.3 is 19.9 Å². The van der Waals surface area contributed by atoms with Gasteiger partial charge in [0, 0.05) is 24.9 Å². The van der Waals surface area contributed by atoms with Gasteiger partial charge in [-0.2, -0.15) is 13.2 Å². The number of amides is 1. The van der Waals surface area contributed by atoms with E-state index in [1.807, 2.05) is 0 Å². The molecule has 0 saturated heterocycles. The second-order valence-electron chi connectivity index (χ2n) is 6.03. The fraction of sp³-hybridized carbons (Fsp3) is 0.278. The lowest BCUT2D eigenvalue weighted by atomic mass is 10.0. The van der Waals surface area contributed by atoms with E-state index in [2.05, 4.69) is 10.3 Å². The first-order chi connectivity index (χ1) is 13.0. The average molecular weight is 398 g/mol. The molecule has 0 aliphatic carbocycles. The number of hydrogen-bond acceptors (Lipinski definition) is 5. The molecule has 0 spiro atoms. The van der Waals surface area contributed by atoms with Crippen molar-refractivity contribution in [3.8, 4) is 11.6 Å². The van der Waals surface area contributed by atoms with Crippen LogP contribution in [0.15, 0.2) is 42.6 Å². The molecule has 2 N–H and O–H groups in total. The number of carbonyl (C=O) groups is 2. The number of alkyl halides is 3. The molecule has 0 bridgehead atoms. The molecule has 2 aromatic rings. The van der Waals surface area contributed by atoms with Crippen molar-refractivity contribution in [1.82, 2.24) is 10.3 Å². The van der Waals surface area contributed by atoms with E-state index in [0.29, 0.717) is 6.20 Å². The minimum absolute atomic E-state index is 0.0521. The molecular formula is C18H17F3N2O5. The van der Waals surface area contributed by atoms with Crippen molar-refractivity contribution < 1.29 is 37.3 Å². The normalized spacial score (nSPS) is 13.5. The maximum Gasteiger partial charge on any atom is 0.417 e. The van der Waals surface area contributed by atoms with Crippen LogP contribution in [0.25, 0.3) is 0 Å². The molecule has 0 saturated carbocycles. The highest BCUT2D eigenvalue weighted by atomic mass is 19.4. The van der Waals surface area contributed by atoms with E-state index in [0.717, 1.165) is 12.1 Å². The van der Waals surface area contributed by atoms with Gasteiger partial charge in [-0.15, -0.1) is 0 Å². The number of hydrogen-bond donors (Lipinski definition) is 2. The number of carbonyl (C=O) groups excluding carboxylic acids is 1. The third-order valence-electron chi connectivity index (χ3n) is 3.70. The predicted octanol–water partition coefficient (Wildman–Crippen LogP) is 3.11. The largest absolute Gasteiger partial charge is 0.479 e. The van der Waals surface area contributed by atoms with Crippen LogP contribution in [0.1, 0.15) is 22.8 Å². The standard InChI is InChI=1S/C18H17F3N2O5/c1-17(10-27-2,16(25)26)23-15(24)11-3-6-13(7-4-11)28-14-8-5-12(9-22-14)18(19,20)21/h3-9H,10H2,1-2H3,(H,23,24)(H,25,26). The minimum Gasteiger partial charge on any atom is -0.479 e. The maximum atomic E-state index is 12.5. The number of rotatable bonds is 7. The van der Waals surface area contributed by atoms with Gasteiger partial charge in [-0.05, 0) is 37.3 Å². The van der Waals surface area contributed by atoms with Crippen molar-refractivity contribution in [2.75, 3.05) is 13.7 Å². The van der Waals surface area contributed by atoms with E-state index in [-0.39, 0.29) is 23.8 Å². The Morgan fingerprint density at radius 3 is 2.25 bits per heavy atom. The minimum atomic E-state index is -4.49. The summed E-state index contributed by atoms with van der Waals surface area (Å²) in [6.45, 7) is 1.08. The second kappa shape index (κ2) is 8.26. The van der Waals surface area contributed by atoms with Crippen LogP contribution in [0.5, 0.6) is 11.6 Å². The highest BCUT2D eigenvalue weighted by Gasteiger charge is 2.35. The Balaban J connectivity index is 2.06. The van der Waals surface area contributed by atoms with Gasteiger partial charge in [0.05, 0.1) is 12.2 Å². The van der Waals surface area contributed by atoms with Gasteiger partial charge in [0.15, 0.2) is 5.54 Å². The van der Waals surface area contributed by atoms with Crippen LogP contribution in [0.3, 0.4) is 0 Å². The number of aliphatic carboxylic acids is 1. The SMILES string of the molecule is COCC(C)(NC(=O)c1ccc(Oc2ccc(C(F)(F)F)cn2)cc1)C(=O)O.